The van der Waals surface area contributed by atoms with Gasteiger partial charge in [0.15, 0.2) is 0 Å². The van der Waals surface area contributed by atoms with Crippen molar-refractivity contribution >= 4 is 23.2 Å². The minimum absolute atomic E-state index is 0.0322. The number of Topliss-reactive ketones (excluding diaryl/α,β-unsaturated/α-hetero) is 1. The molecule has 0 radical (unpaired) electrons. The number of alkyl carbamates (subject to hydrolysis) is 1. The lowest BCUT2D eigenvalue weighted by atomic mass is 10.1. The maximum absolute atomic E-state index is 11.1. The molecule has 0 aliphatic heterocycles. The van der Waals surface area contributed by atoms with E-state index in [1.54, 1.807) is 0 Å². The van der Waals surface area contributed by atoms with Crippen molar-refractivity contribution in [2.45, 2.75) is 19.4 Å². The van der Waals surface area contributed by atoms with Gasteiger partial charge in [-0.05, 0) is 18.4 Å². The van der Waals surface area contributed by atoms with Crippen LogP contribution in [0.4, 0.5) is 4.79 Å². The minimum Gasteiger partial charge on any atom is -0.453 e. The number of hydrogen-bond acceptors (Lipinski definition) is 4. The Balaban J connectivity index is 2.70. The highest BCUT2D eigenvalue weighted by Crippen LogP contribution is 2.22. The van der Waals surface area contributed by atoms with Crippen molar-refractivity contribution in [2.75, 3.05) is 7.11 Å². The third-order valence-corrected chi connectivity index (χ3v) is 2.84. The Bertz CT molecular complexity index is 334. The van der Waals surface area contributed by atoms with Gasteiger partial charge in [-0.15, -0.1) is 11.3 Å². The monoisotopic (exact) mass is 227 g/mol. The van der Waals surface area contributed by atoms with E-state index >= 15 is 0 Å². The number of methoxy groups -OCH3 is 1. The average molecular weight is 227 g/mol. The molecule has 1 rings (SSSR count). The molecule has 1 aromatic heterocycles. The highest BCUT2D eigenvalue weighted by molar-refractivity contribution is 7.10. The Kier molecular flexibility index (Phi) is 4.30. The molecule has 0 unspecified atom stereocenters. The van der Waals surface area contributed by atoms with Gasteiger partial charge in [0.25, 0.3) is 0 Å². The van der Waals surface area contributed by atoms with Crippen LogP contribution in [-0.2, 0) is 9.53 Å². The molecule has 0 saturated heterocycles. The highest BCUT2D eigenvalue weighted by atomic mass is 32.1. The zero-order valence-corrected chi connectivity index (χ0v) is 9.47. The van der Waals surface area contributed by atoms with Crippen molar-refractivity contribution in [3.8, 4) is 0 Å². The first-order valence-electron chi connectivity index (χ1n) is 4.50. The van der Waals surface area contributed by atoms with Crippen LogP contribution in [0.15, 0.2) is 17.5 Å². The van der Waals surface area contributed by atoms with E-state index in [0.717, 1.165) is 4.88 Å². The van der Waals surface area contributed by atoms with Gasteiger partial charge in [-0.3, -0.25) is 4.79 Å². The molecule has 0 saturated carbocycles. The van der Waals surface area contributed by atoms with E-state index in [9.17, 15) is 9.59 Å². The fourth-order valence-corrected chi connectivity index (χ4v) is 1.98. The summed E-state index contributed by atoms with van der Waals surface area (Å²) in [7, 11) is 1.30. The first-order valence-corrected chi connectivity index (χ1v) is 5.38. The quantitative estimate of drug-likeness (QED) is 0.857. The van der Waals surface area contributed by atoms with Crippen LogP contribution >= 0.6 is 11.3 Å². The standard InChI is InChI=1S/C10H13NO3S/c1-7(12)6-8(11-10(13)14-2)9-4-3-5-15-9/h3-5,8H,6H2,1-2H3,(H,11,13)/t8-/m1/s1. The number of ketones is 1. The Morgan fingerprint density at radius 3 is 2.80 bits per heavy atom. The second kappa shape index (κ2) is 5.50. The van der Waals surface area contributed by atoms with Crippen LogP contribution in [0.2, 0.25) is 0 Å². The number of ether oxygens (including phenoxy) is 1. The van der Waals surface area contributed by atoms with Crippen molar-refractivity contribution in [3.63, 3.8) is 0 Å². The van der Waals surface area contributed by atoms with Crippen LogP contribution in [0.5, 0.6) is 0 Å². The first kappa shape index (κ1) is 11.7. The van der Waals surface area contributed by atoms with Gasteiger partial charge in [0.2, 0.25) is 0 Å². The van der Waals surface area contributed by atoms with Crippen molar-refractivity contribution in [1.82, 2.24) is 5.32 Å². The molecule has 0 aliphatic rings. The number of rotatable bonds is 4. The Hall–Kier alpha value is -1.36. The van der Waals surface area contributed by atoms with Crippen molar-refractivity contribution < 1.29 is 14.3 Å². The van der Waals surface area contributed by atoms with E-state index in [1.165, 1.54) is 25.4 Å². The molecule has 0 bridgehead atoms. The van der Waals surface area contributed by atoms with Crippen LogP contribution in [0.25, 0.3) is 0 Å². The molecular weight excluding hydrogens is 214 g/mol. The second-order valence-electron chi connectivity index (χ2n) is 3.11. The van der Waals surface area contributed by atoms with E-state index in [0.29, 0.717) is 0 Å². The van der Waals surface area contributed by atoms with Crippen LogP contribution in [0, 0.1) is 0 Å². The summed E-state index contributed by atoms with van der Waals surface area (Å²) in [5, 5.41) is 4.53. The number of thiophene rings is 1. The number of nitrogens with one attached hydrogen (secondary N) is 1. The Labute approximate surface area is 92.2 Å². The first-order chi connectivity index (χ1) is 7.13. The second-order valence-corrected chi connectivity index (χ2v) is 4.09. The van der Waals surface area contributed by atoms with Gasteiger partial charge in [-0.2, -0.15) is 0 Å². The molecule has 1 heterocycles. The van der Waals surface area contributed by atoms with E-state index in [1.807, 2.05) is 17.5 Å². The number of carbonyl (C=O) groups is 2. The molecule has 1 N–H and O–H groups in total. The summed E-state index contributed by atoms with van der Waals surface area (Å²) in [6, 6.07) is 3.48. The van der Waals surface area contributed by atoms with Crippen LogP contribution in [-0.4, -0.2) is 19.0 Å². The zero-order chi connectivity index (χ0) is 11.3. The molecule has 82 valence electrons. The fourth-order valence-electron chi connectivity index (χ4n) is 1.20. The lowest BCUT2D eigenvalue weighted by Gasteiger charge is -2.14. The van der Waals surface area contributed by atoms with Gasteiger partial charge in [-0.1, -0.05) is 6.07 Å². The molecule has 0 spiro atoms. The maximum atomic E-state index is 11.1. The molecule has 5 heteroatoms. The molecule has 0 aromatic carbocycles. The highest BCUT2D eigenvalue weighted by Gasteiger charge is 2.17. The molecule has 1 aromatic rings. The molecule has 0 aliphatic carbocycles. The minimum atomic E-state index is -0.519. The summed E-state index contributed by atoms with van der Waals surface area (Å²) in [6.07, 6.45) is -0.232. The normalized spacial score (nSPS) is 11.9. The number of amides is 1. The lowest BCUT2D eigenvalue weighted by molar-refractivity contribution is -0.117. The van der Waals surface area contributed by atoms with E-state index in [-0.39, 0.29) is 18.2 Å². The predicted molar refractivity (Wildman–Crippen MR) is 57.9 cm³/mol. The van der Waals surface area contributed by atoms with Crippen molar-refractivity contribution in [1.29, 1.82) is 0 Å². The predicted octanol–water partition coefficient (Wildman–Crippen LogP) is 2.12. The van der Waals surface area contributed by atoms with Crippen LogP contribution < -0.4 is 5.32 Å². The average Bonchev–Trinajstić information content (AvgIpc) is 2.68. The van der Waals surface area contributed by atoms with Gasteiger partial charge in [0, 0.05) is 11.3 Å². The van der Waals surface area contributed by atoms with Crippen LogP contribution in [0.3, 0.4) is 0 Å². The molecule has 4 nitrogen and oxygen atoms in total. The van der Waals surface area contributed by atoms with Crippen molar-refractivity contribution in [2.24, 2.45) is 0 Å². The zero-order valence-electron chi connectivity index (χ0n) is 8.65. The van der Waals surface area contributed by atoms with Gasteiger partial charge >= 0.3 is 6.09 Å². The van der Waals surface area contributed by atoms with Crippen molar-refractivity contribution in [3.05, 3.63) is 22.4 Å². The third-order valence-electron chi connectivity index (χ3n) is 1.86. The summed E-state index contributed by atoms with van der Waals surface area (Å²) >= 11 is 1.50. The summed E-state index contributed by atoms with van der Waals surface area (Å²) in [6.45, 7) is 1.50. The molecular formula is C10H13NO3S. The maximum Gasteiger partial charge on any atom is 0.407 e. The smallest absolute Gasteiger partial charge is 0.407 e. The van der Waals surface area contributed by atoms with Crippen LogP contribution in [0.1, 0.15) is 24.3 Å². The van der Waals surface area contributed by atoms with E-state index in [2.05, 4.69) is 10.1 Å². The topological polar surface area (TPSA) is 55.4 Å². The summed E-state index contributed by atoms with van der Waals surface area (Å²) < 4.78 is 4.50. The number of hydrogen-bond donors (Lipinski definition) is 1. The lowest BCUT2D eigenvalue weighted by Crippen LogP contribution is -2.29. The Morgan fingerprint density at radius 2 is 2.33 bits per heavy atom. The molecule has 1 atom stereocenters. The molecule has 0 fully saturated rings. The van der Waals surface area contributed by atoms with Gasteiger partial charge in [0.05, 0.1) is 13.2 Å². The molecule has 15 heavy (non-hydrogen) atoms. The van der Waals surface area contributed by atoms with Gasteiger partial charge in [-0.25, -0.2) is 4.79 Å². The van der Waals surface area contributed by atoms with Gasteiger partial charge < -0.3 is 10.1 Å². The SMILES string of the molecule is COC(=O)N[C@H](CC(C)=O)c1cccs1. The molecule has 1 amide bonds. The van der Waals surface area contributed by atoms with E-state index in [4.69, 9.17) is 0 Å². The Morgan fingerprint density at radius 1 is 1.60 bits per heavy atom. The largest absolute Gasteiger partial charge is 0.453 e. The number of carbonyl (C=O) groups excluding carboxylic acids is 2. The summed E-state index contributed by atoms with van der Waals surface area (Å²) in [4.78, 5) is 23.0. The summed E-state index contributed by atoms with van der Waals surface area (Å²) in [5.41, 5.74) is 0. The summed E-state index contributed by atoms with van der Waals surface area (Å²) in [5.74, 6) is 0.0322. The third kappa shape index (κ3) is 3.71. The van der Waals surface area contributed by atoms with Gasteiger partial charge in [0.1, 0.15) is 5.78 Å². The fraction of sp³-hybridized carbons (Fsp3) is 0.400. The van der Waals surface area contributed by atoms with E-state index < -0.39 is 6.09 Å².